The fourth-order valence-corrected chi connectivity index (χ4v) is 3.95. The van der Waals surface area contributed by atoms with Gasteiger partial charge >= 0.3 is 5.97 Å². The Hall–Kier alpha value is -3.13. The molecule has 0 saturated heterocycles. The summed E-state index contributed by atoms with van der Waals surface area (Å²) in [5.74, 6) is 0.495. The maximum absolute atomic E-state index is 12.7. The molecule has 7 nitrogen and oxygen atoms in total. The van der Waals surface area contributed by atoms with Gasteiger partial charge in [0.2, 0.25) is 0 Å². The zero-order valence-electron chi connectivity index (χ0n) is 16.5. The standard InChI is InChI=1S/C21H22N2O5S/c1-4-28-20(25)13-23-16-7-5-6-8-18(16)29-21(23)22-19(24)11-14-9-10-15(26-2)12-17(14)27-3/h5-10,12H,4,11,13H2,1-3H3. The number of benzene rings is 2. The van der Waals surface area contributed by atoms with Crippen molar-refractivity contribution in [1.29, 1.82) is 0 Å². The van der Waals surface area contributed by atoms with Gasteiger partial charge in [-0.15, -0.1) is 0 Å². The summed E-state index contributed by atoms with van der Waals surface area (Å²) in [7, 11) is 3.11. The summed E-state index contributed by atoms with van der Waals surface area (Å²) in [6.45, 7) is 2.05. The lowest BCUT2D eigenvalue weighted by molar-refractivity contribution is -0.143. The van der Waals surface area contributed by atoms with Crippen molar-refractivity contribution in [2.24, 2.45) is 4.99 Å². The first-order chi connectivity index (χ1) is 14.0. The lowest BCUT2D eigenvalue weighted by Crippen LogP contribution is -2.23. The summed E-state index contributed by atoms with van der Waals surface area (Å²) in [4.78, 5) is 29.4. The highest BCUT2D eigenvalue weighted by Gasteiger charge is 2.13. The van der Waals surface area contributed by atoms with E-state index in [-0.39, 0.29) is 24.8 Å². The van der Waals surface area contributed by atoms with E-state index in [2.05, 4.69) is 4.99 Å². The Morgan fingerprint density at radius 1 is 1.10 bits per heavy atom. The van der Waals surface area contributed by atoms with Crippen molar-refractivity contribution in [3.63, 3.8) is 0 Å². The number of amides is 1. The van der Waals surface area contributed by atoms with E-state index in [1.165, 1.54) is 11.3 Å². The van der Waals surface area contributed by atoms with Gasteiger partial charge in [-0.05, 0) is 25.1 Å². The largest absolute Gasteiger partial charge is 0.497 e. The number of hydrogen-bond donors (Lipinski definition) is 0. The summed E-state index contributed by atoms with van der Waals surface area (Å²) in [6.07, 6.45) is 0.0703. The van der Waals surface area contributed by atoms with E-state index in [1.807, 2.05) is 24.3 Å². The van der Waals surface area contributed by atoms with E-state index in [1.54, 1.807) is 43.9 Å². The normalized spacial score (nSPS) is 11.5. The van der Waals surface area contributed by atoms with Gasteiger partial charge in [0.1, 0.15) is 18.0 Å². The monoisotopic (exact) mass is 414 g/mol. The molecule has 1 amide bonds. The molecule has 152 valence electrons. The number of nitrogens with zero attached hydrogens (tertiary/aromatic N) is 2. The smallest absolute Gasteiger partial charge is 0.326 e. The number of esters is 1. The number of aromatic nitrogens is 1. The van der Waals surface area contributed by atoms with E-state index in [4.69, 9.17) is 14.2 Å². The molecule has 3 aromatic rings. The minimum atomic E-state index is -0.373. The minimum absolute atomic E-state index is 0.00414. The summed E-state index contributed by atoms with van der Waals surface area (Å²) in [6, 6.07) is 12.9. The SMILES string of the molecule is CCOC(=O)Cn1c(=NC(=O)Cc2ccc(OC)cc2OC)sc2ccccc21. The van der Waals surface area contributed by atoms with Crippen molar-refractivity contribution < 1.29 is 23.8 Å². The molecule has 2 aromatic carbocycles. The van der Waals surface area contributed by atoms with E-state index in [9.17, 15) is 9.59 Å². The van der Waals surface area contributed by atoms with Crippen LogP contribution in [0.2, 0.25) is 0 Å². The average Bonchev–Trinajstić information content (AvgIpc) is 3.05. The molecule has 0 N–H and O–H groups in total. The Kier molecular flexibility index (Phi) is 6.66. The highest BCUT2D eigenvalue weighted by atomic mass is 32.1. The van der Waals surface area contributed by atoms with Crippen molar-refractivity contribution in [2.45, 2.75) is 19.9 Å². The first kappa shape index (κ1) is 20.6. The van der Waals surface area contributed by atoms with E-state index >= 15 is 0 Å². The molecule has 1 aromatic heterocycles. The maximum Gasteiger partial charge on any atom is 0.326 e. The molecule has 8 heteroatoms. The molecular formula is C21H22N2O5S. The topological polar surface area (TPSA) is 79.1 Å². The van der Waals surface area contributed by atoms with Crippen molar-refractivity contribution in [1.82, 2.24) is 4.57 Å². The van der Waals surface area contributed by atoms with Crippen molar-refractivity contribution in [3.8, 4) is 11.5 Å². The predicted molar refractivity (Wildman–Crippen MR) is 110 cm³/mol. The van der Waals surface area contributed by atoms with Crippen LogP contribution >= 0.6 is 11.3 Å². The van der Waals surface area contributed by atoms with Crippen LogP contribution in [0.5, 0.6) is 11.5 Å². The molecule has 0 atom stereocenters. The molecule has 3 rings (SSSR count). The van der Waals surface area contributed by atoms with Gasteiger partial charge < -0.3 is 18.8 Å². The first-order valence-electron chi connectivity index (χ1n) is 9.08. The minimum Gasteiger partial charge on any atom is -0.497 e. The van der Waals surface area contributed by atoms with Gasteiger partial charge in [0, 0.05) is 11.6 Å². The first-order valence-corrected chi connectivity index (χ1v) is 9.89. The fraction of sp³-hybridized carbons (Fsp3) is 0.286. The lowest BCUT2D eigenvalue weighted by Gasteiger charge is -2.09. The summed E-state index contributed by atoms with van der Waals surface area (Å²) in [5, 5.41) is 0. The third-order valence-corrected chi connectivity index (χ3v) is 5.30. The molecule has 0 aliphatic heterocycles. The number of thiazole rings is 1. The van der Waals surface area contributed by atoms with E-state index in [0.29, 0.717) is 28.5 Å². The average molecular weight is 414 g/mol. The Morgan fingerprint density at radius 2 is 1.90 bits per heavy atom. The second kappa shape index (κ2) is 9.38. The molecule has 0 radical (unpaired) electrons. The second-order valence-corrected chi connectivity index (χ2v) is 7.11. The Labute approximate surface area is 172 Å². The van der Waals surface area contributed by atoms with Crippen LogP contribution in [0.25, 0.3) is 10.2 Å². The number of hydrogen-bond acceptors (Lipinski definition) is 6. The number of ether oxygens (including phenoxy) is 3. The van der Waals surface area contributed by atoms with Gasteiger partial charge in [-0.3, -0.25) is 9.59 Å². The van der Waals surface area contributed by atoms with Gasteiger partial charge in [-0.25, -0.2) is 0 Å². The van der Waals surface area contributed by atoms with E-state index in [0.717, 1.165) is 10.2 Å². The van der Waals surface area contributed by atoms with Crippen molar-refractivity contribution in [2.75, 3.05) is 20.8 Å². The third-order valence-electron chi connectivity index (χ3n) is 4.24. The van der Waals surface area contributed by atoms with Crippen LogP contribution < -0.4 is 14.3 Å². The van der Waals surface area contributed by atoms with E-state index < -0.39 is 0 Å². The van der Waals surface area contributed by atoms with Crippen molar-refractivity contribution >= 4 is 33.4 Å². The van der Waals surface area contributed by atoms with Gasteiger partial charge in [0.25, 0.3) is 5.91 Å². The highest BCUT2D eigenvalue weighted by molar-refractivity contribution is 7.16. The Bertz CT molecular complexity index is 1100. The van der Waals surface area contributed by atoms with Crippen molar-refractivity contribution in [3.05, 3.63) is 52.8 Å². The number of rotatable bonds is 7. The third kappa shape index (κ3) is 4.83. The van der Waals surface area contributed by atoms with Gasteiger partial charge in [0.15, 0.2) is 4.80 Å². The predicted octanol–water partition coefficient (Wildman–Crippen LogP) is 2.95. The number of carbonyl (C=O) groups is 2. The van der Waals surface area contributed by atoms with Crippen LogP contribution in [-0.2, 0) is 27.3 Å². The molecule has 29 heavy (non-hydrogen) atoms. The zero-order valence-corrected chi connectivity index (χ0v) is 17.3. The zero-order chi connectivity index (χ0) is 20.8. The molecule has 0 aliphatic rings. The Balaban J connectivity index is 1.95. The lowest BCUT2D eigenvalue weighted by atomic mass is 10.1. The summed E-state index contributed by atoms with van der Waals surface area (Å²) >= 11 is 1.36. The van der Waals surface area contributed by atoms with Crippen LogP contribution in [-0.4, -0.2) is 37.3 Å². The van der Waals surface area contributed by atoms with Gasteiger partial charge in [0.05, 0.1) is 37.5 Å². The summed E-state index contributed by atoms with van der Waals surface area (Å²) in [5.41, 5.74) is 1.54. The van der Waals surface area contributed by atoms with Crippen LogP contribution in [0.4, 0.5) is 0 Å². The second-order valence-electron chi connectivity index (χ2n) is 6.10. The molecule has 0 spiro atoms. The van der Waals surface area contributed by atoms with Gasteiger partial charge in [-0.1, -0.05) is 29.5 Å². The van der Waals surface area contributed by atoms with Crippen LogP contribution in [0.1, 0.15) is 12.5 Å². The molecular weight excluding hydrogens is 392 g/mol. The number of methoxy groups -OCH3 is 2. The fourth-order valence-electron chi connectivity index (χ4n) is 2.90. The van der Waals surface area contributed by atoms with Gasteiger partial charge in [-0.2, -0.15) is 4.99 Å². The molecule has 0 fully saturated rings. The molecule has 0 bridgehead atoms. The number of fused-ring (bicyclic) bond motifs is 1. The van der Waals surface area contributed by atoms with Crippen LogP contribution in [0.3, 0.4) is 0 Å². The number of carbonyl (C=O) groups excluding carboxylic acids is 2. The molecule has 0 saturated carbocycles. The van der Waals surface area contributed by atoms with Crippen LogP contribution in [0, 0.1) is 0 Å². The molecule has 0 unspecified atom stereocenters. The number of para-hydroxylation sites is 1. The summed E-state index contributed by atoms with van der Waals surface area (Å²) < 4.78 is 18.2. The van der Waals surface area contributed by atoms with Crippen LogP contribution in [0.15, 0.2) is 47.5 Å². The highest BCUT2D eigenvalue weighted by Crippen LogP contribution is 2.25. The Morgan fingerprint density at radius 3 is 2.62 bits per heavy atom. The maximum atomic E-state index is 12.7. The molecule has 0 aliphatic carbocycles. The quantitative estimate of drug-likeness (QED) is 0.556. The molecule has 1 heterocycles.